The maximum atomic E-state index is 13.2. The highest BCUT2D eigenvalue weighted by Gasteiger charge is 2.44. The molecule has 0 spiro atoms. The van der Waals surface area contributed by atoms with Crippen LogP contribution in [-0.4, -0.2) is 49.3 Å². The van der Waals surface area contributed by atoms with E-state index in [1.165, 1.54) is 18.2 Å². The molecule has 2 fully saturated rings. The first kappa shape index (κ1) is 14.8. The number of hydrogen-bond acceptors (Lipinski definition) is 3. The summed E-state index contributed by atoms with van der Waals surface area (Å²) in [6.07, 6.45) is 1.68. The summed E-state index contributed by atoms with van der Waals surface area (Å²) in [5.74, 6) is -0.652. The fourth-order valence-electron chi connectivity index (χ4n) is 3.21. The fourth-order valence-corrected chi connectivity index (χ4v) is 3.40. The van der Waals surface area contributed by atoms with Crippen LogP contribution in [0.15, 0.2) is 18.2 Å². The molecule has 0 bridgehead atoms. The molecular weight excluding hydrogens is 297 g/mol. The van der Waals surface area contributed by atoms with E-state index >= 15 is 0 Å². The molecule has 1 aromatic carbocycles. The quantitative estimate of drug-likeness (QED) is 0.842. The summed E-state index contributed by atoms with van der Waals surface area (Å²) in [6, 6.07) is 4.09. The Kier molecular flexibility index (Phi) is 4.15. The summed E-state index contributed by atoms with van der Waals surface area (Å²) in [7, 11) is 1.66. The van der Waals surface area contributed by atoms with Crippen molar-refractivity contribution in [2.24, 2.45) is 0 Å². The molecule has 0 N–H and O–H groups in total. The molecule has 1 saturated carbocycles. The molecular formula is C15H17ClFNO3. The second-order valence-corrected chi connectivity index (χ2v) is 5.79. The molecule has 6 heteroatoms. The first-order chi connectivity index (χ1) is 10.1. The Labute approximate surface area is 127 Å². The van der Waals surface area contributed by atoms with Crippen molar-refractivity contribution in [2.45, 2.75) is 31.1 Å². The number of halogens is 2. The largest absolute Gasteiger partial charge is 0.379 e. The number of carbonyl (C=O) groups excluding carboxylic acids is 1. The summed E-state index contributed by atoms with van der Waals surface area (Å²) in [5, 5.41) is -0.0353. The molecule has 0 radical (unpaired) electrons. The van der Waals surface area contributed by atoms with Gasteiger partial charge in [0, 0.05) is 19.2 Å². The van der Waals surface area contributed by atoms with Crippen molar-refractivity contribution in [1.82, 2.24) is 4.90 Å². The van der Waals surface area contributed by atoms with Crippen molar-refractivity contribution in [3.8, 4) is 0 Å². The minimum absolute atomic E-state index is 0.0139. The van der Waals surface area contributed by atoms with Gasteiger partial charge in [0.05, 0.1) is 23.8 Å². The van der Waals surface area contributed by atoms with Crippen LogP contribution < -0.4 is 0 Å². The van der Waals surface area contributed by atoms with Gasteiger partial charge in [0.2, 0.25) is 0 Å². The third-order valence-electron chi connectivity index (χ3n) is 4.27. The van der Waals surface area contributed by atoms with Gasteiger partial charge < -0.3 is 14.4 Å². The molecule has 1 amide bonds. The maximum absolute atomic E-state index is 13.2. The number of methoxy groups -OCH3 is 1. The molecule has 1 aliphatic heterocycles. The van der Waals surface area contributed by atoms with Crippen molar-refractivity contribution in [1.29, 1.82) is 0 Å². The minimum Gasteiger partial charge on any atom is -0.379 e. The summed E-state index contributed by atoms with van der Waals surface area (Å²) < 4.78 is 24.4. The Balaban J connectivity index is 1.82. The van der Waals surface area contributed by atoms with Crippen LogP contribution in [0.4, 0.5) is 4.39 Å². The van der Waals surface area contributed by atoms with Crippen molar-refractivity contribution in [2.75, 3.05) is 20.3 Å². The molecule has 1 aliphatic carbocycles. The molecule has 21 heavy (non-hydrogen) atoms. The van der Waals surface area contributed by atoms with Crippen molar-refractivity contribution in [3.05, 3.63) is 34.6 Å². The molecule has 2 aliphatic rings. The van der Waals surface area contributed by atoms with Gasteiger partial charge in [0.15, 0.2) is 0 Å². The molecule has 0 unspecified atom stereocenters. The molecule has 4 nitrogen and oxygen atoms in total. The van der Waals surface area contributed by atoms with Crippen LogP contribution in [-0.2, 0) is 9.47 Å². The second-order valence-electron chi connectivity index (χ2n) is 5.38. The summed E-state index contributed by atoms with van der Waals surface area (Å²) in [5.41, 5.74) is 0.405. The first-order valence-corrected chi connectivity index (χ1v) is 7.40. The van der Waals surface area contributed by atoms with Crippen LogP contribution in [0.25, 0.3) is 0 Å². The molecule has 114 valence electrons. The molecule has 1 saturated heterocycles. The van der Waals surface area contributed by atoms with Gasteiger partial charge in [-0.2, -0.15) is 0 Å². The van der Waals surface area contributed by atoms with E-state index in [0.29, 0.717) is 18.7 Å². The Morgan fingerprint density at radius 2 is 2.29 bits per heavy atom. The number of rotatable bonds is 2. The summed E-state index contributed by atoms with van der Waals surface area (Å²) in [4.78, 5) is 14.5. The minimum atomic E-state index is -0.520. The van der Waals surface area contributed by atoms with E-state index in [1.54, 1.807) is 12.0 Å². The van der Waals surface area contributed by atoms with Gasteiger partial charge in [0.25, 0.3) is 5.91 Å². The predicted octanol–water partition coefficient (Wildman–Crippen LogP) is 2.50. The number of hydrogen-bond donors (Lipinski definition) is 0. The van der Waals surface area contributed by atoms with E-state index in [1.807, 2.05) is 0 Å². The standard InChI is InChI=1S/C15H17ClFNO3/c1-20-13-5-4-12-14(13)21-7-6-18(12)15(19)9-2-3-11(17)10(16)8-9/h2-3,8,12-14H,4-7H2,1H3/t12-,13+,14+/m0/s1. The van der Waals surface area contributed by atoms with Gasteiger partial charge in [-0.15, -0.1) is 0 Å². The van der Waals surface area contributed by atoms with Gasteiger partial charge in [-0.1, -0.05) is 11.6 Å². The lowest BCUT2D eigenvalue weighted by atomic mass is 10.1. The Bertz CT molecular complexity index is 554. The third-order valence-corrected chi connectivity index (χ3v) is 4.56. The predicted molar refractivity (Wildman–Crippen MR) is 76.0 cm³/mol. The molecule has 0 aromatic heterocycles. The van der Waals surface area contributed by atoms with E-state index in [-0.39, 0.29) is 29.2 Å². The zero-order chi connectivity index (χ0) is 15.0. The number of fused-ring (bicyclic) bond motifs is 1. The lowest BCUT2D eigenvalue weighted by Gasteiger charge is -2.39. The van der Waals surface area contributed by atoms with Gasteiger partial charge >= 0.3 is 0 Å². The average Bonchev–Trinajstić information content (AvgIpc) is 2.92. The van der Waals surface area contributed by atoms with Gasteiger partial charge in [0.1, 0.15) is 11.9 Å². The van der Waals surface area contributed by atoms with Gasteiger partial charge in [-0.3, -0.25) is 4.79 Å². The lowest BCUT2D eigenvalue weighted by molar-refractivity contribution is -0.0946. The number of ether oxygens (including phenoxy) is 2. The van der Waals surface area contributed by atoms with Crippen LogP contribution in [0.3, 0.4) is 0 Å². The molecule has 3 rings (SSSR count). The zero-order valence-electron chi connectivity index (χ0n) is 11.7. The van der Waals surface area contributed by atoms with Crippen LogP contribution in [0.2, 0.25) is 5.02 Å². The fraction of sp³-hybridized carbons (Fsp3) is 0.533. The second kappa shape index (κ2) is 5.91. The Hall–Kier alpha value is -1.17. The SMILES string of the molecule is CO[C@@H]1CC[C@H]2[C@H]1OCCN2C(=O)c1ccc(F)c(Cl)c1. The average molecular weight is 314 g/mol. The van der Waals surface area contributed by atoms with Gasteiger partial charge in [-0.25, -0.2) is 4.39 Å². The first-order valence-electron chi connectivity index (χ1n) is 7.02. The number of benzene rings is 1. The molecule has 1 aromatic rings. The number of carbonyl (C=O) groups is 1. The van der Waals surface area contributed by atoms with E-state index in [2.05, 4.69) is 0 Å². The van der Waals surface area contributed by atoms with Crippen molar-refractivity contribution >= 4 is 17.5 Å². The van der Waals surface area contributed by atoms with Gasteiger partial charge in [-0.05, 0) is 31.0 Å². The van der Waals surface area contributed by atoms with Crippen LogP contribution in [0.5, 0.6) is 0 Å². The monoisotopic (exact) mass is 313 g/mol. The normalized spacial score (nSPS) is 28.5. The highest BCUT2D eigenvalue weighted by molar-refractivity contribution is 6.31. The Morgan fingerprint density at radius 1 is 1.48 bits per heavy atom. The molecule has 1 heterocycles. The lowest BCUT2D eigenvalue weighted by Crippen LogP contribution is -2.53. The van der Waals surface area contributed by atoms with E-state index in [9.17, 15) is 9.18 Å². The zero-order valence-corrected chi connectivity index (χ0v) is 12.5. The van der Waals surface area contributed by atoms with Crippen LogP contribution in [0, 0.1) is 5.82 Å². The number of amides is 1. The highest BCUT2D eigenvalue weighted by Crippen LogP contribution is 2.32. The summed E-state index contributed by atoms with van der Waals surface area (Å²) >= 11 is 5.76. The Morgan fingerprint density at radius 3 is 3.00 bits per heavy atom. The van der Waals surface area contributed by atoms with E-state index < -0.39 is 5.82 Å². The third kappa shape index (κ3) is 2.65. The topological polar surface area (TPSA) is 38.8 Å². The number of nitrogens with zero attached hydrogens (tertiary/aromatic N) is 1. The smallest absolute Gasteiger partial charge is 0.254 e. The number of morpholine rings is 1. The van der Waals surface area contributed by atoms with E-state index in [4.69, 9.17) is 21.1 Å². The molecule has 3 atom stereocenters. The van der Waals surface area contributed by atoms with Crippen molar-refractivity contribution < 1.29 is 18.7 Å². The van der Waals surface area contributed by atoms with E-state index in [0.717, 1.165) is 12.8 Å². The van der Waals surface area contributed by atoms with Crippen molar-refractivity contribution in [3.63, 3.8) is 0 Å². The maximum Gasteiger partial charge on any atom is 0.254 e. The highest BCUT2D eigenvalue weighted by atomic mass is 35.5. The summed E-state index contributed by atoms with van der Waals surface area (Å²) in [6.45, 7) is 1.02. The van der Waals surface area contributed by atoms with Crippen LogP contribution >= 0.6 is 11.6 Å². The van der Waals surface area contributed by atoms with Crippen LogP contribution in [0.1, 0.15) is 23.2 Å².